The fraction of sp³-hybridized carbons (Fsp3) is 0.833. The van der Waals surface area contributed by atoms with E-state index in [-0.39, 0.29) is 31.7 Å². The van der Waals surface area contributed by atoms with Crippen LogP contribution in [0, 0.1) is 5.92 Å². The first-order valence-corrected chi connectivity index (χ1v) is 6.51. The van der Waals surface area contributed by atoms with Gasteiger partial charge < -0.3 is 15.7 Å². The van der Waals surface area contributed by atoms with E-state index in [1.807, 2.05) is 12.2 Å². The molecule has 3 N–H and O–H groups in total. The van der Waals surface area contributed by atoms with Crippen molar-refractivity contribution in [2.45, 2.75) is 50.7 Å². The number of nitrogens with one attached hydrogen (secondary N) is 2. The molecule has 0 bridgehead atoms. The molecule has 0 aromatic carbocycles. The van der Waals surface area contributed by atoms with Crippen LogP contribution in [-0.4, -0.2) is 35.4 Å². The van der Waals surface area contributed by atoms with E-state index in [9.17, 15) is 22.8 Å². The molecule has 0 heterocycles. The molecule has 0 aliphatic heterocycles. The number of carboxylic acid groups (broad SMARTS) is 1. The lowest BCUT2D eigenvalue weighted by Gasteiger charge is -2.21. The lowest BCUT2D eigenvalue weighted by Crippen LogP contribution is -2.51. The fourth-order valence-corrected chi connectivity index (χ4v) is 1.81. The van der Waals surface area contributed by atoms with Gasteiger partial charge in [-0.1, -0.05) is 6.92 Å². The average Bonchev–Trinajstić information content (AvgIpc) is 3.06. The van der Waals surface area contributed by atoms with Crippen molar-refractivity contribution < 1.29 is 27.9 Å². The number of alkyl halides is 3. The molecule has 0 spiro atoms. The molecular weight excluding hydrogens is 277 g/mol. The molecule has 1 saturated carbocycles. The largest absolute Gasteiger partial charge is 0.481 e. The number of carbonyl (C=O) groups excluding carboxylic acids is 1. The van der Waals surface area contributed by atoms with Gasteiger partial charge in [-0.2, -0.15) is 13.2 Å². The Hall–Kier alpha value is -1.47. The number of rotatable bonds is 7. The van der Waals surface area contributed by atoms with Crippen LogP contribution in [0.4, 0.5) is 18.0 Å². The van der Waals surface area contributed by atoms with Gasteiger partial charge in [0.1, 0.15) is 5.54 Å². The molecule has 0 saturated heterocycles. The van der Waals surface area contributed by atoms with Gasteiger partial charge in [0.15, 0.2) is 0 Å². The first-order valence-electron chi connectivity index (χ1n) is 6.51. The number of amides is 2. The van der Waals surface area contributed by atoms with E-state index in [2.05, 4.69) is 5.32 Å². The highest BCUT2D eigenvalue weighted by molar-refractivity contribution is 5.75. The van der Waals surface area contributed by atoms with Crippen molar-refractivity contribution in [3.63, 3.8) is 0 Å². The van der Waals surface area contributed by atoms with Crippen molar-refractivity contribution in [1.82, 2.24) is 10.6 Å². The smallest absolute Gasteiger partial charge is 0.411 e. The van der Waals surface area contributed by atoms with Crippen LogP contribution in [-0.2, 0) is 4.79 Å². The average molecular weight is 296 g/mol. The zero-order valence-electron chi connectivity index (χ0n) is 11.2. The van der Waals surface area contributed by atoms with Crippen molar-refractivity contribution in [1.29, 1.82) is 0 Å². The molecule has 8 heteroatoms. The van der Waals surface area contributed by atoms with Crippen molar-refractivity contribution >= 4 is 12.0 Å². The summed E-state index contributed by atoms with van der Waals surface area (Å²) >= 11 is 0. The Labute approximate surface area is 114 Å². The summed E-state index contributed by atoms with van der Waals surface area (Å²) < 4.78 is 37.8. The molecule has 1 rings (SSSR count). The number of urea groups is 1. The molecule has 0 aromatic rings. The van der Waals surface area contributed by atoms with Crippen molar-refractivity contribution in [2.24, 2.45) is 5.92 Å². The number of halogens is 3. The molecule has 5 nitrogen and oxygen atoms in total. The maximum absolute atomic E-state index is 12.6. The summed E-state index contributed by atoms with van der Waals surface area (Å²) in [6, 6.07) is -0.828. The molecule has 1 aliphatic carbocycles. The lowest BCUT2D eigenvalue weighted by atomic mass is 10.0. The summed E-state index contributed by atoms with van der Waals surface area (Å²) in [5, 5.41) is 12.8. The van der Waals surface area contributed by atoms with Crippen LogP contribution in [0.15, 0.2) is 0 Å². The second kappa shape index (κ2) is 6.32. The van der Waals surface area contributed by atoms with Gasteiger partial charge in [0.25, 0.3) is 0 Å². The van der Waals surface area contributed by atoms with Crippen molar-refractivity contribution in [3.05, 3.63) is 0 Å². The molecular formula is C12H19F3N2O3. The van der Waals surface area contributed by atoms with Gasteiger partial charge in [0.2, 0.25) is 0 Å². The van der Waals surface area contributed by atoms with Crippen LogP contribution < -0.4 is 10.6 Å². The van der Waals surface area contributed by atoms with E-state index in [0.717, 1.165) is 0 Å². The summed E-state index contributed by atoms with van der Waals surface area (Å²) in [6.45, 7) is 2.06. The molecule has 1 fully saturated rings. The predicted molar refractivity (Wildman–Crippen MR) is 65.2 cm³/mol. The van der Waals surface area contributed by atoms with Gasteiger partial charge in [-0.3, -0.25) is 4.79 Å². The Morgan fingerprint density at radius 3 is 2.35 bits per heavy atom. The second-order valence-corrected chi connectivity index (χ2v) is 5.29. The highest BCUT2D eigenvalue weighted by Crippen LogP contribution is 2.48. The monoisotopic (exact) mass is 296 g/mol. The number of hydrogen-bond acceptors (Lipinski definition) is 2. The molecule has 0 radical (unpaired) electrons. The van der Waals surface area contributed by atoms with Crippen molar-refractivity contribution in [2.75, 3.05) is 6.54 Å². The lowest BCUT2D eigenvalue weighted by molar-refractivity contribution is -0.162. The third-order valence-electron chi connectivity index (χ3n) is 3.42. The number of hydrogen-bond donors (Lipinski definition) is 3. The van der Waals surface area contributed by atoms with Crippen LogP contribution in [0.1, 0.15) is 39.0 Å². The third-order valence-corrected chi connectivity index (χ3v) is 3.42. The Morgan fingerprint density at radius 2 is 1.90 bits per heavy atom. The maximum Gasteiger partial charge on any atom is 0.411 e. The molecule has 116 valence electrons. The van der Waals surface area contributed by atoms with Gasteiger partial charge in [-0.05, 0) is 31.6 Å². The summed E-state index contributed by atoms with van der Waals surface area (Å²) in [5.74, 6) is -0.799. The highest BCUT2D eigenvalue weighted by atomic mass is 19.4. The Morgan fingerprint density at radius 1 is 1.30 bits per heavy atom. The SMILES string of the molecule is CC(CCNC(=O)NC1(C(F)(F)F)CC1)CCC(=O)O. The zero-order valence-corrected chi connectivity index (χ0v) is 11.2. The molecule has 1 atom stereocenters. The minimum Gasteiger partial charge on any atom is -0.481 e. The molecule has 0 aromatic heterocycles. The zero-order chi connectivity index (χ0) is 15.4. The molecule has 1 unspecified atom stereocenters. The molecule has 1 aliphatic rings. The number of aliphatic carboxylic acids is 1. The maximum atomic E-state index is 12.6. The van der Waals surface area contributed by atoms with E-state index < -0.39 is 23.7 Å². The second-order valence-electron chi connectivity index (χ2n) is 5.29. The van der Waals surface area contributed by atoms with Crippen LogP contribution in [0.25, 0.3) is 0 Å². The van der Waals surface area contributed by atoms with Gasteiger partial charge >= 0.3 is 18.2 Å². The van der Waals surface area contributed by atoms with Gasteiger partial charge in [0.05, 0.1) is 0 Å². The van der Waals surface area contributed by atoms with E-state index in [0.29, 0.717) is 12.8 Å². The first-order chi connectivity index (χ1) is 9.16. The van der Waals surface area contributed by atoms with Crippen LogP contribution in [0.2, 0.25) is 0 Å². The normalized spacial score (nSPS) is 18.2. The number of carboxylic acids is 1. The third kappa shape index (κ3) is 4.90. The van der Waals surface area contributed by atoms with E-state index in [4.69, 9.17) is 5.11 Å². The first kappa shape index (κ1) is 16.6. The van der Waals surface area contributed by atoms with Crippen LogP contribution in [0.3, 0.4) is 0 Å². The van der Waals surface area contributed by atoms with E-state index in [1.54, 1.807) is 0 Å². The minimum atomic E-state index is -4.42. The van der Waals surface area contributed by atoms with Crippen molar-refractivity contribution in [3.8, 4) is 0 Å². The van der Waals surface area contributed by atoms with Crippen LogP contribution in [0.5, 0.6) is 0 Å². The van der Waals surface area contributed by atoms with Gasteiger partial charge in [-0.15, -0.1) is 0 Å². The summed E-state index contributed by atoms with van der Waals surface area (Å²) in [4.78, 5) is 21.7. The van der Waals surface area contributed by atoms with Crippen LogP contribution >= 0.6 is 0 Å². The summed E-state index contributed by atoms with van der Waals surface area (Å²) in [7, 11) is 0. The topological polar surface area (TPSA) is 78.4 Å². The van der Waals surface area contributed by atoms with E-state index in [1.165, 1.54) is 0 Å². The van der Waals surface area contributed by atoms with Gasteiger partial charge in [-0.25, -0.2) is 4.79 Å². The Kier molecular flexibility index (Phi) is 5.24. The Bertz CT molecular complexity index is 367. The predicted octanol–water partition coefficient (Wildman–Crippen LogP) is 2.27. The van der Waals surface area contributed by atoms with Gasteiger partial charge in [0, 0.05) is 13.0 Å². The summed E-state index contributed by atoms with van der Waals surface area (Å²) in [6.07, 6.45) is -3.54. The molecule has 2 amide bonds. The fourth-order valence-electron chi connectivity index (χ4n) is 1.81. The molecule has 20 heavy (non-hydrogen) atoms. The van der Waals surface area contributed by atoms with E-state index >= 15 is 0 Å². The minimum absolute atomic E-state index is 0.0462. The highest BCUT2D eigenvalue weighted by Gasteiger charge is 2.64. The quantitative estimate of drug-likeness (QED) is 0.674. The summed E-state index contributed by atoms with van der Waals surface area (Å²) in [5.41, 5.74) is -2.05. The number of carbonyl (C=O) groups is 2. The Balaban J connectivity index is 2.20. The standard InChI is InChI=1S/C12H19F3N2O3/c1-8(2-3-9(18)19)4-7-16-10(20)17-11(5-6-11)12(13,14)15/h8H,2-7H2,1H3,(H,18,19)(H2,16,17,20).